The third-order valence-electron chi connectivity index (χ3n) is 4.71. The lowest BCUT2D eigenvalue weighted by Crippen LogP contribution is -2.24. The SMILES string of the molecule is c1cnc2c(c1)nc(CC1CCCO1)n2CC1CCCOC1. The second-order valence-electron chi connectivity index (χ2n) is 6.41. The molecule has 22 heavy (non-hydrogen) atoms. The smallest absolute Gasteiger partial charge is 0.159 e. The van der Waals surface area contributed by atoms with Crippen LogP contribution in [0.25, 0.3) is 11.2 Å². The molecule has 4 rings (SSSR count). The normalized spacial score (nSPS) is 25.8. The highest BCUT2D eigenvalue weighted by molar-refractivity contribution is 5.71. The second-order valence-corrected chi connectivity index (χ2v) is 6.41. The summed E-state index contributed by atoms with van der Waals surface area (Å²) in [5.41, 5.74) is 1.99. The van der Waals surface area contributed by atoms with Gasteiger partial charge in [-0.1, -0.05) is 0 Å². The molecule has 2 aliphatic heterocycles. The van der Waals surface area contributed by atoms with E-state index in [0.717, 1.165) is 62.6 Å². The molecule has 2 aromatic rings. The van der Waals surface area contributed by atoms with Gasteiger partial charge in [0.15, 0.2) is 5.65 Å². The zero-order valence-electron chi connectivity index (χ0n) is 12.9. The number of hydrogen-bond acceptors (Lipinski definition) is 4. The maximum absolute atomic E-state index is 5.80. The Kier molecular flexibility index (Phi) is 4.08. The van der Waals surface area contributed by atoms with Gasteiger partial charge in [-0.3, -0.25) is 0 Å². The van der Waals surface area contributed by atoms with Crippen LogP contribution in [0.15, 0.2) is 18.3 Å². The standard InChI is InChI=1S/C17H23N3O2/c1-6-15-17(18-7-1)20(11-13-4-2-8-21-12-13)16(19-15)10-14-5-3-9-22-14/h1,6-7,13-14H,2-5,8-12H2. The van der Waals surface area contributed by atoms with Gasteiger partial charge in [-0.05, 0) is 37.8 Å². The van der Waals surface area contributed by atoms with Crippen LogP contribution >= 0.6 is 0 Å². The van der Waals surface area contributed by atoms with Crippen molar-refractivity contribution in [2.24, 2.45) is 5.92 Å². The molecule has 0 N–H and O–H groups in total. The average Bonchev–Trinajstić information content (AvgIpc) is 3.18. The van der Waals surface area contributed by atoms with Crippen molar-refractivity contribution in [2.75, 3.05) is 19.8 Å². The first-order chi connectivity index (χ1) is 10.9. The molecule has 0 aromatic carbocycles. The Hall–Kier alpha value is -1.46. The Labute approximate surface area is 130 Å². The van der Waals surface area contributed by atoms with Gasteiger partial charge in [-0.15, -0.1) is 0 Å². The summed E-state index contributed by atoms with van der Waals surface area (Å²) < 4.78 is 13.7. The van der Waals surface area contributed by atoms with Crippen LogP contribution in [0.3, 0.4) is 0 Å². The molecule has 0 amide bonds. The van der Waals surface area contributed by atoms with Crippen molar-refractivity contribution < 1.29 is 9.47 Å². The summed E-state index contributed by atoms with van der Waals surface area (Å²) in [6.07, 6.45) is 7.76. The molecule has 118 valence electrons. The monoisotopic (exact) mass is 301 g/mol. The molecule has 2 aromatic heterocycles. The Bertz CT molecular complexity index is 628. The van der Waals surface area contributed by atoms with Gasteiger partial charge in [-0.2, -0.15) is 0 Å². The third kappa shape index (κ3) is 2.88. The van der Waals surface area contributed by atoms with Crippen molar-refractivity contribution in [3.8, 4) is 0 Å². The minimum Gasteiger partial charge on any atom is -0.381 e. The van der Waals surface area contributed by atoms with Crippen molar-refractivity contribution in [1.29, 1.82) is 0 Å². The van der Waals surface area contributed by atoms with Crippen molar-refractivity contribution in [3.63, 3.8) is 0 Å². The molecule has 0 radical (unpaired) electrons. The van der Waals surface area contributed by atoms with E-state index in [4.69, 9.17) is 14.5 Å². The zero-order chi connectivity index (χ0) is 14.8. The largest absolute Gasteiger partial charge is 0.381 e. The topological polar surface area (TPSA) is 49.2 Å². The van der Waals surface area contributed by atoms with Gasteiger partial charge in [0.2, 0.25) is 0 Å². The van der Waals surface area contributed by atoms with Crippen LogP contribution in [0.5, 0.6) is 0 Å². The summed E-state index contributed by atoms with van der Waals surface area (Å²) in [7, 11) is 0. The van der Waals surface area contributed by atoms with Crippen LogP contribution in [0.2, 0.25) is 0 Å². The van der Waals surface area contributed by atoms with Gasteiger partial charge in [0, 0.05) is 38.3 Å². The Morgan fingerprint density at radius 2 is 2.18 bits per heavy atom. The molecular weight excluding hydrogens is 278 g/mol. The van der Waals surface area contributed by atoms with Crippen molar-refractivity contribution >= 4 is 11.2 Å². The predicted molar refractivity (Wildman–Crippen MR) is 83.7 cm³/mol. The van der Waals surface area contributed by atoms with E-state index >= 15 is 0 Å². The van der Waals surface area contributed by atoms with Gasteiger partial charge in [0.05, 0.1) is 12.7 Å². The molecule has 2 fully saturated rings. The first-order valence-electron chi connectivity index (χ1n) is 8.39. The summed E-state index contributed by atoms with van der Waals surface area (Å²) in [5.74, 6) is 1.68. The Morgan fingerprint density at radius 1 is 1.23 bits per heavy atom. The highest BCUT2D eigenvalue weighted by Crippen LogP contribution is 2.23. The third-order valence-corrected chi connectivity index (χ3v) is 4.71. The molecule has 5 heteroatoms. The summed E-state index contributed by atoms with van der Waals surface area (Å²) in [5, 5.41) is 0. The maximum atomic E-state index is 5.80. The molecule has 2 saturated heterocycles. The predicted octanol–water partition coefficient (Wildman–Crippen LogP) is 2.58. The second kappa shape index (κ2) is 6.34. The van der Waals surface area contributed by atoms with E-state index in [1.807, 2.05) is 12.3 Å². The fourth-order valence-corrected chi connectivity index (χ4v) is 3.57. The number of rotatable bonds is 4. The van der Waals surface area contributed by atoms with Crippen LogP contribution in [-0.4, -0.2) is 40.5 Å². The quantitative estimate of drug-likeness (QED) is 0.871. The van der Waals surface area contributed by atoms with Crippen LogP contribution in [0.4, 0.5) is 0 Å². The van der Waals surface area contributed by atoms with Crippen molar-refractivity contribution in [3.05, 3.63) is 24.2 Å². The molecular formula is C17H23N3O2. The highest BCUT2D eigenvalue weighted by atomic mass is 16.5. The highest BCUT2D eigenvalue weighted by Gasteiger charge is 2.23. The average molecular weight is 301 g/mol. The number of ether oxygens (including phenoxy) is 2. The number of hydrogen-bond donors (Lipinski definition) is 0. The Balaban J connectivity index is 1.63. The van der Waals surface area contributed by atoms with Crippen LogP contribution < -0.4 is 0 Å². The minimum absolute atomic E-state index is 0.318. The van der Waals surface area contributed by atoms with Gasteiger partial charge >= 0.3 is 0 Å². The number of imidazole rings is 1. The van der Waals surface area contributed by atoms with Gasteiger partial charge in [0.1, 0.15) is 11.3 Å². The summed E-state index contributed by atoms with van der Waals surface area (Å²) in [4.78, 5) is 9.38. The number of fused-ring (bicyclic) bond motifs is 1. The number of pyridine rings is 1. The van der Waals surface area contributed by atoms with Crippen LogP contribution in [-0.2, 0) is 22.4 Å². The lowest BCUT2D eigenvalue weighted by molar-refractivity contribution is 0.0480. The van der Waals surface area contributed by atoms with E-state index < -0.39 is 0 Å². The lowest BCUT2D eigenvalue weighted by Gasteiger charge is -2.23. The molecule has 0 aliphatic carbocycles. The van der Waals surface area contributed by atoms with E-state index in [-0.39, 0.29) is 0 Å². The van der Waals surface area contributed by atoms with E-state index in [1.165, 1.54) is 12.8 Å². The fourth-order valence-electron chi connectivity index (χ4n) is 3.57. The number of aromatic nitrogens is 3. The maximum Gasteiger partial charge on any atom is 0.159 e. The molecule has 0 saturated carbocycles. The van der Waals surface area contributed by atoms with E-state index in [1.54, 1.807) is 0 Å². The fraction of sp³-hybridized carbons (Fsp3) is 0.647. The van der Waals surface area contributed by atoms with E-state index in [0.29, 0.717) is 12.0 Å². The van der Waals surface area contributed by atoms with Crippen LogP contribution in [0.1, 0.15) is 31.5 Å². The lowest BCUT2D eigenvalue weighted by atomic mass is 10.0. The zero-order valence-corrected chi connectivity index (χ0v) is 12.9. The Morgan fingerprint density at radius 3 is 3.00 bits per heavy atom. The first kappa shape index (κ1) is 14.2. The van der Waals surface area contributed by atoms with E-state index in [2.05, 4.69) is 15.6 Å². The molecule has 2 atom stereocenters. The summed E-state index contributed by atoms with van der Waals surface area (Å²) in [6.45, 7) is 3.60. The molecule has 5 nitrogen and oxygen atoms in total. The van der Waals surface area contributed by atoms with Crippen molar-refractivity contribution in [2.45, 2.75) is 44.8 Å². The van der Waals surface area contributed by atoms with Crippen molar-refractivity contribution in [1.82, 2.24) is 14.5 Å². The molecule has 2 unspecified atom stereocenters. The summed E-state index contributed by atoms with van der Waals surface area (Å²) >= 11 is 0. The van der Waals surface area contributed by atoms with Gasteiger partial charge in [0.25, 0.3) is 0 Å². The minimum atomic E-state index is 0.318. The molecule has 0 spiro atoms. The molecule has 4 heterocycles. The molecule has 0 bridgehead atoms. The van der Waals surface area contributed by atoms with E-state index in [9.17, 15) is 0 Å². The molecule has 2 aliphatic rings. The van der Waals surface area contributed by atoms with Gasteiger partial charge in [-0.25, -0.2) is 9.97 Å². The van der Waals surface area contributed by atoms with Crippen LogP contribution in [0, 0.1) is 5.92 Å². The van der Waals surface area contributed by atoms with Gasteiger partial charge < -0.3 is 14.0 Å². The summed E-state index contributed by atoms with van der Waals surface area (Å²) in [6, 6.07) is 4.01. The number of nitrogens with zero attached hydrogens (tertiary/aromatic N) is 3. The first-order valence-corrected chi connectivity index (χ1v) is 8.39.